The van der Waals surface area contributed by atoms with E-state index in [0.29, 0.717) is 6.42 Å². The first-order valence-corrected chi connectivity index (χ1v) is 11.3. The smallest absolute Gasteiger partial charge is 0.324 e. The predicted octanol–water partition coefficient (Wildman–Crippen LogP) is 5.54. The topological polar surface area (TPSA) is 52.6 Å². The van der Waals surface area contributed by atoms with Crippen LogP contribution in [0.3, 0.4) is 0 Å². The molecule has 0 saturated carbocycles. The molecular weight excluding hydrogens is 452 g/mol. The Morgan fingerprint density at radius 1 is 1.03 bits per heavy atom. The van der Waals surface area contributed by atoms with Gasteiger partial charge in [-0.15, -0.1) is 11.3 Å². The summed E-state index contributed by atoms with van der Waals surface area (Å²) in [5.41, 5.74) is 2.87. The number of benzene rings is 2. The van der Waals surface area contributed by atoms with E-state index in [1.807, 2.05) is 12.1 Å². The molecule has 29 heavy (non-hydrogen) atoms. The first kappa shape index (κ1) is 20.1. The van der Waals surface area contributed by atoms with E-state index in [0.717, 1.165) is 36.8 Å². The van der Waals surface area contributed by atoms with Crippen LogP contribution in [0.1, 0.15) is 25.0 Å². The van der Waals surface area contributed by atoms with E-state index in [4.69, 9.17) is 9.47 Å². The van der Waals surface area contributed by atoms with Crippen LogP contribution < -0.4 is 0 Å². The van der Waals surface area contributed by atoms with Crippen molar-refractivity contribution >= 4 is 49.3 Å². The fraction of sp³-hybridized carbons (Fsp3) is 0.304. The first-order valence-electron chi connectivity index (χ1n) is 9.62. The number of halogens is 1. The third-order valence-electron chi connectivity index (χ3n) is 5.40. The van der Waals surface area contributed by atoms with Crippen LogP contribution in [0.15, 0.2) is 46.3 Å². The number of hydrogen-bond acceptors (Lipinski definition) is 5. The molecule has 1 aliphatic rings. The summed E-state index contributed by atoms with van der Waals surface area (Å²) in [6, 6.07) is 12.3. The fourth-order valence-electron chi connectivity index (χ4n) is 4.11. The molecule has 0 fully saturated rings. The van der Waals surface area contributed by atoms with Gasteiger partial charge in [-0.3, -0.25) is 9.59 Å². The van der Waals surface area contributed by atoms with E-state index in [1.54, 1.807) is 25.2 Å². The Bertz CT molecular complexity index is 1070. The standard InChI is InChI=1S/C23H21BrO4S/c1-3-27-21(25)23(22(26)28-4-2)12-15-11-19-17(9-10-29-19)20(18(15)13-23)14-5-7-16(24)8-6-14/h5-11H,3-4,12-13H2,1-2H3. The summed E-state index contributed by atoms with van der Waals surface area (Å²) in [5.74, 6) is -1.00. The minimum Gasteiger partial charge on any atom is -0.465 e. The van der Waals surface area contributed by atoms with Crippen LogP contribution >= 0.6 is 27.3 Å². The molecule has 0 radical (unpaired) electrons. The summed E-state index contributed by atoms with van der Waals surface area (Å²) < 4.78 is 12.8. The Labute approximate surface area is 182 Å². The molecule has 0 spiro atoms. The molecule has 1 aliphatic carbocycles. The monoisotopic (exact) mass is 472 g/mol. The van der Waals surface area contributed by atoms with E-state index in [9.17, 15) is 9.59 Å². The maximum absolute atomic E-state index is 12.9. The van der Waals surface area contributed by atoms with Crippen molar-refractivity contribution in [2.24, 2.45) is 5.41 Å². The Morgan fingerprint density at radius 3 is 2.31 bits per heavy atom. The van der Waals surface area contributed by atoms with Crippen molar-refractivity contribution in [2.45, 2.75) is 26.7 Å². The lowest BCUT2D eigenvalue weighted by molar-refractivity contribution is -0.171. The van der Waals surface area contributed by atoms with Crippen LogP contribution in [-0.4, -0.2) is 25.2 Å². The van der Waals surface area contributed by atoms with Gasteiger partial charge in [0.2, 0.25) is 0 Å². The van der Waals surface area contributed by atoms with Gasteiger partial charge in [0, 0.05) is 21.0 Å². The van der Waals surface area contributed by atoms with Crippen LogP contribution in [0, 0.1) is 5.41 Å². The highest BCUT2D eigenvalue weighted by molar-refractivity contribution is 9.10. The largest absolute Gasteiger partial charge is 0.465 e. The number of rotatable bonds is 5. The number of carbonyl (C=O) groups excluding carboxylic acids is 2. The van der Waals surface area contributed by atoms with E-state index < -0.39 is 17.4 Å². The van der Waals surface area contributed by atoms with Crippen LogP contribution in [0.5, 0.6) is 0 Å². The van der Waals surface area contributed by atoms with E-state index in [2.05, 4.69) is 45.6 Å². The molecule has 1 heterocycles. The van der Waals surface area contributed by atoms with Crippen molar-refractivity contribution < 1.29 is 19.1 Å². The molecule has 3 aromatic rings. The van der Waals surface area contributed by atoms with Crippen molar-refractivity contribution in [3.05, 3.63) is 57.4 Å². The minimum absolute atomic E-state index is 0.227. The third kappa shape index (κ3) is 3.38. The number of thiophene rings is 1. The van der Waals surface area contributed by atoms with Crippen molar-refractivity contribution in [3.8, 4) is 11.1 Å². The Balaban J connectivity index is 1.90. The zero-order valence-corrected chi connectivity index (χ0v) is 18.7. The van der Waals surface area contributed by atoms with Gasteiger partial charge in [0.15, 0.2) is 5.41 Å². The second kappa shape index (κ2) is 7.92. The summed E-state index contributed by atoms with van der Waals surface area (Å²) in [5, 5.41) is 3.21. The van der Waals surface area contributed by atoms with Gasteiger partial charge in [-0.05, 0) is 72.2 Å². The van der Waals surface area contributed by atoms with E-state index >= 15 is 0 Å². The molecule has 0 aliphatic heterocycles. The third-order valence-corrected chi connectivity index (χ3v) is 6.79. The second-order valence-corrected chi connectivity index (χ2v) is 8.97. The molecule has 0 amide bonds. The first-order chi connectivity index (χ1) is 14.0. The number of ether oxygens (including phenoxy) is 2. The van der Waals surface area contributed by atoms with Crippen molar-refractivity contribution in [3.63, 3.8) is 0 Å². The van der Waals surface area contributed by atoms with Crippen molar-refractivity contribution in [2.75, 3.05) is 13.2 Å². The average Bonchev–Trinajstić information content (AvgIpc) is 3.32. The maximum atomic E-state index is 12.9. The minimum atomic E-state index is -1.32. The Morgan fingerprint density at radius 2 is 1.69 bits per heavy atom. The Hall–Kier alpha value is -2.18. The molecule has 2 aromatic carbocycles. The summed E-state index contributed by atoms with van der Waals surface area (Å²) in [6.45, 7) is 3.96. The molecule has 0 saturated heterocycles. The quantitative estimate of drug-likeness (QED) is 0.361. The summed E-state index contributed by atoms with van der Waals surface area (Å²) in [7, 11) is 0. The van der Waals surface area contributed by atoms with Crippen LogP contribution in [0.25, 0.3) is 21.2 Å². The molecular formula is C23H21BrO4S. The normalized spacial score (nSPS) is 14.6. The highest BCUT2D eigenvalue weighted by atomic mass is 79.9. The molecule has 1 aromatic heterocycles. The number of esters is 2. The number of hydrogen-bond donors (Lipinski definition) is 0. The number of carbonyl (C=O) groups is 2. The lowest BCUT2D eigenvalue weighted by Gasteiger charge is -2.24. The van der Waals surface area contributed by atoms with Gasteiger partial charge in [-0.1, -0.05) is 28.1 Å². The van der Waals surface area contributed by atoms with Gasteiger partial charge >= 0.3 is 11.9 Å². The molecule has 4 nitrogen and oxygen atoms in total. The molecule has 6 heteroatoms. The van der Waals surface area contributed by atoms with Gasteiger partial charge in [0.1, 0.15) is 0 Å². The average molecular weight is 473 g/mol. The molecule has 150 valence electrons. The van der Waals surface area contributed by atoms with Crippen LogP contribution in [0.2, 0.25) is 0 Å². The zero-order chi connectivity index (χ0) is 20.6. The van der Waals surface area contributed by atoms with E-state index in [1.165, 1.54) is 0 Å². The SMILES string of the molecule is CCOC(=O)C1(C(=O)OCC)Cc2cc3sccc3c(-c3ccc(Br)cc3)c2C1. The number of fused-ring (bicyclic) bond motifs is 2. The molecule has 0 N–H and O–H groups in total. The molecule has 0 bridgehead atoms. The fourth-order valence-corrected chi connectivity index (χ4v) is 5.24. The highest BCUT2D eigenvalue weighted by Crippen LogP contribution is 2.47. The summed E-state index contributed by atoms with van der Waals surface area (Å²) in [6.07, 6.45) is 0.592. The van der Waals surface area contributed by atoms with Crippen LogP contribution in [-0.2, 0) is 31.9 Å². The van der Waals surface area contributed by atoms with Gasteiger partial charge in [0.05, 0.1) is 13.2 Å². The lowest BCUT2D eigenvalue weighted by atomic mass is 9.84. The Kier molecular flexibility index (Phi) is 5.49. The van der Waals surface area contributed by atoms with Crippen molar-refractivity contribution in [1.82, 2.24) is 0 Å². The predicted molar refractivity (Wildman–Crippen MR) is 118 cm³/mol. The lowest BCUT2D eigenvalue weighted by Crippen LogP contribution is -2.43. The summed E-state index contributed by atoms with van der Waals surface area (Å²) >= 11 is 5.15. The second-order valence-electron chi connectivity index (χ2n) is 7.11. The summed E-state index contributed by atoms with van der Waals surface area (Å²) in [4.78, 5) is 25.9. The van der Waals surface area contributed by atoms with E-state index in [-0.39, 0.29) is 19.6 Å². The molecule has 0 atom stereocenters. The molecule has 4 rings (SSSR count). The maximum Gasteiger partial charge on any atom is 0.324 e. The highest BCUT2D eigenvalue weighted by Gasteiger charge is 2.53. The zero-order valence-electron chi connectivity index (χ0n) is 16.3. The van der Waals surface area contributed by atoms with Gasteiger partial charge in [-0.25, -0.2) is 0 Å². The van der Waals surface area contributed by atoms with Gasteiger partial charge < -0.3 is 9.47 Å². The van der Waals surface area contributed by atoms with Gasteiger partial charge in [0.25, 0.3) is 0 Å². The van der Waals surface area contributed by atoms with Crippen molar-refractivity contribution in [1.29, 1.82) is 0 Å². The van der Waals surface area contributed by atoms with Crippen LogP contribution in [0.4, 0.5) is 0 Å². The van der Waals surface area contributed by atoms with Gasteiger partial charge in [-0.2, -0.15) is 0 Å². The molecule has 0 unspecified atom stereocenters.